The third-order valence-electron chi connectivity index (χ3n) is 2.72. The number of carbonyl (C=O) groups is 2. The molecule has 0 aliphatic heterocycles. The molecule has 0 aliphatic carbocycles. The Bertz CT molecular complexity index is 588. The molecular weight excluding hydrogens is 240 g/mol. The molecule has 3 heteroatoms. The van der Waals surface area contributed by atoms with Crippen LogP contribution in [0.15, 0.2) is 54.6 Å². The van der Waals surface area contributed by atoms with Crippen LogP contribution in [0.25, 0.3) is 11.1 Å². The van der Waals surface area contributed by atoms with E-state index in [4.69, 9.17) is 4.74 Å². The Hall–Kier alpha value is -2.42. The number of carbonyl (C=O) groups excluding carboxylic acids is 2. The summed E-state index contributed by atoms with van der Waals surface area (Å²) in [6.07, 6.45) is 0. The van der Waals surface area contributed by atoms with Crippen LogP contribution in [0.3, 0.4) is 0 Å². The highest BCUT2D eigenvalue weighted by atomic mass is 16.5. The minimum atomic E-state index is -0.814. The first-order chi connectivity index (χ1) is 9.24. The first-order valence-electron chi connectivity index (χ1n) is 6.10. The normalized spacial score (nSPS) is 9.95. The maximum absolute atomic E-state index is 12.1. The molecule has 0 bridgehead atoms. The standard InChI is InChI=1S/C16H14O3/c1-2-19-16(18)15(17)14-11-7-6-10-13(14)12-8-4-3-5-9-12/h3-11H,2H2,1H3. The molecule has 0 aliphatic rings. The summed E-state index contributed by atoms with van der Waals surface area (Å²) >= 11 is 0. The van der Waals surface area contributed by atoms with Gasteiger partial charge in [-0.05, 0) is 18.1 Å². The molecule has 0 radical (unpaired) electrons. The molecule has 0 aromatic heterocycles. The van der Waals surface area contributed by atoms with Crippen LogP contribution in [0.4, 0.5) is 0 Å². The monoisotopic (exact) mass is 254 g/mol. The quantitative estimate of drug-likeness (QED) is 0.478. The van der Waals surface area contributed by atoms with Crippen LogP contribution in [0, 0.1) is 0 Å². The number of ether oxygens (including phenoxy) is 1. The smallest absolute Gasteiger partial charge is 0.379 e. The molecule has 0 atom stereocenters. The highest BCUT2D eigenvalue weighted by Gasteiger charge is 2.20. The van der Waals surface area contributed by atoms with Gasteiger partial charge in [0.05, 0.1) is 6.61 Å². The van der Waals surface area contributed by atoms with Crippen molar-refractivity contribution in [2.24, 2.45) is 0 Å². The summed E-state index contributed by atoms with van der Waals surface area (Å²) in [5.74, 6) is -1.42. The van der Waals surface area contributed by atoms with Crippen molar-refractivity contribution in [1.82, 2.24) is 0 Å². The zero-order valence-corrected chi connectivity index (χ0v) is 10.6. The molecule has 0 amide bonds. The third kappa shape index (κ3) is 2.88. The van der Waals surface area contributed by atoms with Crippen LogP contribution in [-0.2, 0) is 9.53 Å². The molecule has 0 saturated carbocycles. The van der Waals surface area contributed by atoms with E-state index < -0.39 is 11.8 Å². The van der Waals surface area contributed by atoms with Crippen molar-refractivity contribution in [2.75, 3.05) is 6.61 Å². The first kappa shape index (κ1) is 13.0. The Morgan fingerprint density at radius 2 is 1.58 bits per heavy atom. The number of rotatable bonds is 4. The summed E-state index contributed by atoms with van der Waals surface area (Å²) in [5.41, 5.74) is 2.00. The molecule has 96 valence electrons. The van der Waals surface area contributed by atoms with E-state index in [0.717, 1.165) is 11.1 Å². The Morgan fingerprint density at radius 3 is 2.26 bits per heavy atom. The van der Waals surface area contributed by atoms with Crippen molar-refractivity contribution in [2.45, 2.75) is 6.92 Å². The molecule has 2 rings (SSSR count). The van der Waals surface area contributed by atoms with Gasteiger partial charge < -0.3 is 4.74 Å². The van der Waals surface area contributed by atoms with Gasteiger partial charge in [0.15, 0.2) is 0 Å². The Kier molecular flexibility index (Phi) is 4.08. The van der Waals surface area contributed by atoms with Crippen molar-refractivity contribution >= 4 is 11.8 Å². The summed E-state index contributed by atoms with van der Waals surface area (Å²) in [7, 11) is 0. The van der Waals surface area contributed by atoms with Gasteiger partial charge in [-0.25, -0.2) is 4.79 Å². The lowest BCUT2D eigenvalue weighted by Gasteiger charge is -2.08. The Labute approximate surface area is 111 Å². The summed E-state index contributed by atoms with van der Waals surface area (Å²) < 4.78 is 4.76. The zero-order valence-electron chi connectivity index (χ0n) is 10.6. The molecule has 0 unspecified atom stereocenters. The van der Waals surface area contributed by atoms with E-state index in [1.807, 2.05) is 42.5 Å². The number of esters is 1. The van der Waals surface area contributed by atoms with Crippen LogP contribution >= 0.6 is 0 Å². The zero-order chi connectivity index (χ0) is 13.7. The summed E-state index contributed by atoms with van der Waals surface area (Å²) in [5, 5.41) is 0. The Morgan fingerprint density at radius 1 is 0.947 bits per heavy atom. The maximum Gasteiger partial charge on any atom is 0.379 e. The number of benzene rings is 2. The highest BCUT2D eigenvalue weighted by Crippen LogP contribution is 2.23. The maximum atomic E-state index is 12.1. The summed E-state index contributed by atoms with van der Waals surface area (Å²) in [6.45, 7) is 1.87. The largest absolute Gasteiger partial charge is 0.460 e. The molecular formula is C16H14O3. The van der Waals surface area contributed by atoms with E-state index in [1.54, 1.807) is 19.1 Å². The number of ketones is 1. The lowest BCUT2D eigenvalue weighted by molar-refractivity contribution is -0.137. The second-order valence-corrected chi connectivity index (χ2v) is 3.96. The average Bonchev–Trinajstić information content (AvgIpc) is 2.47. The summed E-state index contributed by atoms with van der Waals surface area (Å²) in [6, 6.07) is 16.5. The second-order valence-electron chi connectivity index (χ2n) is 3.96. The van der Waals surface area contributed by atoms with Gasteiger partial charge >= 0.3 is 5.97 Å². The van der Waals surface area contributed by atoms with Gasteiger partial charge in [-0.3, -0.25) is 4.79 Å². The van der Waals surface area contributed by atoms with Crippen molar-refractivity contribution in [3.8, 4) is 11.1 Å². The fourth-order valence-corrected chi connectivity index (χ4v) is 1.86. The SMILES string of the molecule is CCOC(=O)C(=O)c1ccccc1-c1ccccc1. The van der Waals surface area contributed by atoms with Crippen LogP contribution in [0.2, 0.25) is 0 Å². The van der Waals surface area contributed by atoms with E-state index in [-0.39, 0.29) is 6.61 Å². The van der Waals surface area contributed by atoms with Crippen molar-refractivity contribution in [1.29, 1.82) is 0 Å². The molecule has 2 aromatic rings. The average molecular weight is 254 g/mol. The van der Waals surface area contributed by atoms with E-state index in [0.29, 0.717) is 5.56 Å². The molecule has 19 heavy (non-hydrogen) atoms. The highest BCUT2D eigenvalue weighted by molar-refractivity contribution is 6.41. The van der Waals surface area contributed by atoms with E-state index in [9.17, 15) is 9.59 Å². The van der Waals surface area contributed by atoms with Crippen molar-refractivity contribution in [3.63, 3.8) is 0 Å². The van der Waals surface area contributed by atoms with E-state index in [2.05, 4.69) is 0 Å². The summed E-state index contributed by atoms with van der Waals surface area (Å²) in [4.78, 5) is 23.6. The van der Waals surface area contributed by atoms with Crippen molar-refractivity contribution in [3.05, 3.63) is 60.2 Å². The van der Waals surface area contributed by atoms with Gasteiger partial charge in [-0.15, -0.1) is 0 Å². The van der Waals surface area contributed by atoms with Gasteiger partial charge in [0.25, 0.3) is 5.78 Å². The number of Topliss-reactive ketones (excluding diaryl/α,β-unsaturated/α-hetero) is 1. The lowest BCUT2D eigenvalue weighted by Crippen LogP contribution is -2.18. The fraction of sp³-hybridized carbons (Fsp3) is 0.125. The first-order valence-corrected chi connectivity index (χ1v) is 6.10. The van der Waals surface area contributed by atoms with Gasteiger partial charge in [0.1, 0.15) is 0 Å². The minimum absolute atomic E-state index is 0.193. The van der Waals surface area contributed by atoms with Crippen LogP contribution in [-0.4, -0.2) is 18.4 Å². The molecule has 0 spiro atoms. The molecule has 3 nitrogen and oxygen atoms in total. The number of hydrogen-bond acceptors (Lipinski definition) is 3. The molecule has 0 heterocycles. The second kappa shape index (κ2) is 5.96. The predicted octanol–water partition coefficient (Wildman–Crippen LogP) is 3.10. The number of hydrogen-bond donors (Lipinski definition) is 0. The fourth-order valence-electron chi connectivity index (χ4n) is 1.86. The van der Waals surface area contributed by atoms with Gasteiger partial charge in [0.2, 0.25) is 0 Å². The topological polar surface area (TPSA) is 43.4 Å². The molecule has 0 fully saturated rings. The van der Waals surface area contributed by atoms with Crippen LogP contribution in [0.5, 0.6) is 0 Å². The van der Waals surface area contributed by atoms with E-state index in [1.165, 1.54) is 0 Å². The third-order valence-corrected chi connectivity index (χ3v) is 2.72. The Balaban J connectivity index is 2.42. The predicted molar refractivity (Wildman–Crippen MR) is 72.8 cm³/mol. The van der Waals surface area contributed by atoms with Gasteiger partial charge in [-0.1, -0.05) is 54.6 Å². The van der Waals surface area contributed by atoms with Crippen LogP contribution in [0.1, 0.15) is 17.3 Å². The minimum Gasteiger partial charge on any atom is -0.460 e. The lowest BCUT2D eigenvalue weighted by atomic mass is 9.97. The van der Waals surface area contributed by atoms with E-state index >= 15 is 0 Å². The van der Waals surface area contributed by atoms with Crippen molar-refractivity contribution < 1.29 is 14.3 Å². The molecule has 0 N–H and O–H groups in total. The van der Waals surface area contributed by atoms with Gasteiger partial charge in [-0.2, -0.15) is 0 Å². The molecule has 2 aromatic carbocycles. The van der Waals surface area contributed by atoms with Gasteiger partial charge in [0, 0.05) is 5.56 Å². The molecule has 0 saturated heterocycles. The van der Waals surface area contributed by atoms with Crippen LogP contribution < -0.4 is 0 Å².